The molecule has 0 atom stereocenters. The van der Waals surface area contributed by atoms with Gasteiger partial charge in [0, 0.05) is 13.1 Å². The minimum absolute atomic E-state index is 0. The zero-order chi connectivity index (χ0) is 5.82. The normalized spacial score (nSPS) is 16.6. The van der Waals surface area contributed by atoms with Crippen LogP contribution in [-0.2, 0) is 4.79 Å². The highest BCUT2D eigenvalue weighted by Crippen LogP contribution is 2.05. The smallest absolute Gasteiger partial charge is 0.209 e. The molecule has 0 aromatic heterocycles. The summed E-state index contributed by atoms with van der Waals surface area (Å²) in [6.45, 7) is 1.95. The van der Waals surface area contributed by atoms with Crippen LogP contribution in [0.3, 0.4) is 0 Å². The predicted octanol–water partition coefficient (Wildman–Crippen LogP) is 1.47. The van der Waals surface area contributed by atoms with E-state index in [1.807, 2.05) is 4.90 Å². The number of likely N-dealkylation sites (tertiary alicyclic amines) is 1. The average Bonchev–Trinajstić information content (AvgIpc) is 1.90. The van der Waals surface area contributed by atoms with Crippen molar-refractivity contribution in [2.45, 2.75) is 19.3 Å². The Kier molecular flexibility index (Phi) is 9.10. The van der Waals surface area contributed by atoms with E-state index in [9.17, 15) is 4.79 Å². The molecule has 10 heavy (non-hydrogen) atoms. The number of halogens is 2. The molecule has 0 aliphatic carbocycles. The summed E-state index contributed by atoms with van der Waals surface area (Å²) in [6, 6.07) is 0. The lowest BCUT2D eigenvalue weighted by molar-refractivity contribution is -0.118. The molecule has 0 unspecified atom stereocenters. The molecule has 1 amide bonds. The zero-order valence-corrected chi connectivity index (χ0v) is 7.42. The van der Waals surface area contributed by atoms with Crippen molar-refractivity contribution in [2.75, 3.05) is 13.1 Å². The minimum atomic E-state index is 0. The van der Waals surface area contributed by atoms with Crippen molar-refractivity contribution in [1.29, 1.82) is 0 Å². The van der Waals surface area contributed by atoms with Gasteiger partial charge in [-0.2, -0.15) is 0 Å². The lowest BCUT2D eigenvalue weighted by atomic mass is 10.1. The molecule has 0 saturated carbocycles. The third-order valence-corrected chi connectivity index (χ3v) is 1.54. The second kappa shape index (κ2) is 7.16. The maximum absolute atomic E-state index is 10.1. The molecule has 0 radical (unpaired) electrons. The van der Waals surface area contributed by atoms with Gasteiger partial charge in [-0.1, -0.05) is 0 Å². The van der Waals surface area contributed by atoms with E-state index in [0.717, 1.165) is 19.5 Å². The molecule has 0 aromatic rings. The highest BCUT2D eigenvalue weighted by Gasteiger charge is 2.05. The van der Waals surface area contributed by atoms with Gasteiger partial charge < -0.3 is 4.90 Å². The number of hydrogen-bond acceptors (Lipinski definition) is 1. The van der Waals surface area contributed by atoms with Gasteiger partial charge in [-0.15, -0.1) is 24.8 Å². The maximum Gasteiger partial charge on any atom is 0.209 e. The Hall–Kier alpha value is 0.0500. The Labute approximate surface area is 73.8 Å². The highest BCUT2D eigenvalue weighted by atomic mass is 35.5. The number of piperidine rings is 1. The van der Waals surface area contributed by atoms with Gasteiger partial charge in [0.15, 0.2) is 0 Å². The summed E-state index contributed by atoms with van der Waals surface area (Å²) >= 11 is 0. The van der Waals surface area contributed by atoms with E-state index in [1.54, 1.807) is 0 Å². The van der Waals surface area contributed by atoms with Crippen LogP contribution in [-0.4, -0.2) is 24.4 Å². The number of carbonyl (C=O) groups excluding carboxylic acids is 1. The van der Waals surface area contributed by atoms with Gasteiger partial charge in [-0.25, -0.2) is 0 Å². The Morgan fingerprint density at radius 1 is 1.00 bits per heavy atom. The SMILES string of the molecule is Cl.Cl.O=CN1CCCCC1. The van der Waals surface area contributed by atoms with Crippen molar-refractivity contribution < 1.29 is 4.79 Å². The van der Waals surface area contributed by atoms with Crippen LogP contribution in [0.1, 0.15) is 19.3 Å². The van der Waals surface area contributed by atoms with Gasteiger partial charge >= 0.3 is 0 Å². The number of rotatable bonds is 1. The lowest BCUT2D eigenvalue weighted by Crippen LogP contribution is -2.27. The Morgan fingerprint density at radius 2 is 1.50 bits per heavy atom. The van der Waals surface area contributed by atoms with E-state index < -0.39 is 0 Å². The minimum Gasteiger partial charge on any atom is -0.345 e. The highest BCUT2D eigenvalue weighted by molar-refractivity contribution is 5.85. The summed E-state index contributed by atoms with van der Waals surface area (Å²) in [5.74, 6) is 0. The first-order valence-electron chi connectivity index (χ1n) is 3.13. The molecule has 1 aliphatic heterocycles. The first-order valence-corrected chi connectivity index (χ1v) is 3.13. The lowest BCUT2D eigenvalue weighted by Gasteiger charge is -2.21. The van der Waals surface area contributed by atoms with Crippen LogP contribution in [0.5, 0.6) is 0 Å². The van der Waals surface area contributed by atoms with E-state index in [2.05, 4.69) is 0 Å². The average molecular weight is 186 g/mol. The fourth-order valence-corrected chi connectivity index (χ4v) is 1.02. The molecule has 1 aliphatic rings. The quantitative estimate of drug-likeness (QED) is 0.568. The molecular formula is C6H13Cl2NO. The number of hydrogen-bond donors (Lipinski definition) is 0. The first kappa shape index (κ1) is 12.7. The van der Waals surface area contributed by atoms with Gasteiger partial charge in [0.1, 0.15) is 0 Å². The summed E-state index contributed by atoms with van der Waals surface area (Å²) in [5.41, 5.74) is 0. The van der Waals surface area contributed by atoms with Crippen LogP contribution in [0.25, 0.3) is 0 Å². The monoisotopic (exact) mass is 185 g/mol. The molecule has 1 rings (SSSR count). The molecule has 1 fully saturated rings. The van der Waals surface area contributed by atoms with Gasteiger partial charge in [-0.3, -0.25) is 4.79 Å². The summed E-state index contributed by atoms with van der Waals surface area (Å²) in [6.07, 6.45) is 4.63. The molecule has 62 valence electrons. The first-order chi connectivity index (χ1) is 3.93. The van der Waals surface area contributed by atoms with Crippen molar-refractivity contribution in [3.05, 3.63) is 0 Å². The molecule has 4 heteroatoms. The molecule has 0 N–H and O–H groups in total. The molecule has 1 saturated heterocycles. The van der Waals surface area contributed by atoms with Crippen LogP contribution < -0.4 is 0 Å². The van der Waals surface area contributed by atoms with Crippen molar-refractivity contribution in [1.82, 2.24) is 4.90 Å². The number of amides is 1. The summed E-state index contributed by atoms with van der Waals surface area (Å²) in [4.78, 5) is 11.9. The zero-order valence-electron chi connectivity index (χ0n) is 5.78. The number of nitrogens with zero attached hydrogens (tertiary/aromatic N) is 1. The van der Waals surface area contributed by atoms with Crippen LogP contribution in [0.4, 0.5) is 0 Å². The largest absolute Gasteiger partial charge is 0.345 e. The fraction of sp³-hybridized carbons (Fsp3) is 0.833. The van der Waals surface area contributed by atoms with Crippen LogP contribution in [0.15, 0.2) is 0 Å². The van der Waals surface area contributed by atoms with E-state index in [1.165, 1.54) is 19.3 Å². The van der Waals surface area contributed by atoms with E-state index >= 15 is 0 Å². The second-order valence-corrected chi connectivity index (χ2v) is 2.20. The standard InChI is InChI=1S/C6H11NO.2ClH/c8-6-7-4-2-1-3-5-7;;/h6H,1-5H2;2*1H. The van der Waals surface area contributed by atoms with Gasteiger partial charge in [0.2, 0.25) is 6.41 Å². The molecular weight excluding hydrogens is 173 g/mol. The van der Waals surface area contributed by atoms with Crippen molar-refractivity contribution in [3.8, 4) is 0 Å². The topological polar surface area (TPSA) is 20.3 Å². The Morgan fingerprint density at radius 3 is 1.80 bits per heavy atom. The van der Waals surface area contributed by atoms with Crippen molar-refractivity contribution in [3.63, 3.8) is 0 Å². The summed E-state index contributed by atoms with van der Waals surface area (Å²) < 4.78 is 0. The molecule has 1 heterocycles. The summed E-state index contributed by atoms with van der Waals surface area (Å²) in [7, 11) is 0. The Bertz CT molecular complexity index is 83.8. The van der Waals surface area contributed by atoms with Gasteiger partial charge in [-0.05, 0) is 19.3 Å². The van der Waals surface area contributed by atoms with Crippen LogP contribution in [0.2, 0.25) is 0 Å². The predicted molar refractivity (Wildman–Crippen MR) is 46.0 cm³/mol. The summed E-state index contributed by atoms with van der Waals surface area (Å²) in [5, 5.41) is 0. The van der Waals surface area contributed by atoms with E-state index in [4.69, 9.17) is 0 Å². The third kappa shape index (κ3) is 3.96. The van der Waals surface area contributed by atoms with Crippen molar-refractivity contribution >= 4 is 31.2 Å². The second-order valence-electron chi connectivity index (χ2n) is 2.20. The van der Waals surface area contributed by atoms with E-state index in [0.29, 0.717) is 0 Å². The van der Waals surface area contributed by atoms with Gasteiger partial charge in [0.05, 0.1) is 0 Å². The number of carbonyl (C=O) groups is 1. The molecule has 0 spiro atoms. The third-order valence-electron chi connectivity index (χ3n) is 1.54. The maximum atomic E-state index is 10.1. The molecule has 0 aromatic carbocycles. The fourth-order valence-electron chi connectivity index (χ4n) is 1.02. The van der Waals surface area contributed by atoms with Crippen LogP contribution in [0, 0.1) is 0 Å². The Balaban J connectivity index is 0. The van der Waals surface area contributed by atoms with Gasteiger partial charge in [0.25, 0.3) is 0 Å². The van der Waals surface area contributed by atoms with Crippen molar-refractivity contribution in [2.24, 2.45) is 0 Å². The van der Waals surface area contributed by atoms with Crippen LogP contribution >= 0.6 is 24.8 Å². The van der Waals surface area contributed by atoms with E-state index in [-0.39, 0.29) is 24.8 Å². The molecule has 2 nitrogen and oxygen atoms in total. The molecule has 0 bridgehead atoms.